The van der Waals surface area contributed by atoms with Gasteiger partial charge in [-0.05, 0) is 37.6 Å². The van der Waals surface area contributed by atoms with Crippen LogP contribution >= 0.6 is 11.3 Å². The second-order valence-electron chi connectivity index (χ2n) is 5.59. The van der Waals surface area contributed by atoms with Crippen LogP contribution in [0.5, 0.6) is 5.75 Å². The topological polar surface area (TPSA) is 60.7 Å². The first-order valence-corrected chi connectivity index (χ1v) is 9.60. The SMILES string of the molecule is COc1ccc(C)c2sc(=NS(=O)(=O)c3ccc(C)cc3)n(C)c12. The number of nitrogens with zero attached hydrogens (tertiary/aromatic N) is 2. The average Bonchev–Trinajstić information content (AvgIpc) is 2.86. The summed E-state index contributed by atoms with van der Waals surface area (Å²) in [6, 6.07) is 10.5. The zero-order valence-corrected chi connectivity index (χ0v) is 15.5. The summed E-state index contributed by atoms with van der Waals surface area (Å²) in [4.78, 5) is 0.604. The van der Waals surface area contributed by atoms with Crippen molar-refractivity contribution < 1.29 is 13.2 Å². The second kappa shape index (κ2) is 6.07. The summed E-state index contributed by atoms with van der Waals surface area (Å²) >= 11 is 1.34. The lowest BCUT2D eigenvalue weighted by atomic mass is 10.2. The van der Waals surface area contributed by atoms with E-state index in [1.54, 1.807) is 43.0 Å². The molecule has 0 amide bonds. The van der Waals surface area contributed by atoms with E-state index >= 15 is 0 Å². The Hall–Kier alpha value is -2.12. The van der Waals surface area contributed by atoms with Crippen LogP contribution in [-0.4, -0.2) is 20.1 Å². The number of thiazole rings is 1. The fourth-order valence-electron chi connectivity index (χ4n) is 2.47. The van der Waals surface area contributed by atoms with Gasteiger partial charge in [0.1, 0.15) is 11.3 Å². The number of sulfonamides is 1. The summed E-state index contributed by atoms with van der Waals surface area (Å²) < 4.78 is 37.3. The monoisotopic (exact) mass is 362 g/mol. The number of benzene rings is 2. The first-order chi connectivity index (χ1) is 11.3. The fraction of sp³-hybridized carbons (Fsp3) is 0.235. The standard InChI is InChI=1S/C17H18N2O3S2/c1-11-5-8-13(9-6-11)24(20,21)18-17-19(3)15-14(22-4)10-7-12(2)16(15)23-17/h5-10H,1-4H3. The van der Waals surface area contributed by atoms with Crippen LogP contribution in [0.2, 0.25) is 0 Å². The lowest BCUT2D eigenvalue weighted by molar-refractivity contribution is 0.417. The number of aryl methyl sites for hydroxylation is 3. The van der Waals surface area contributed by atoms with Crippen molar-refractivity contribution in [2.75, 3.05) is 7.11 Å². The van der Waals surface area contributed by atoms with E-state index in [4.69, 9.17) is 4.74 Å². The highest BCUT2D eigenvalue weighted by molar-refractivity contribution is 7.90. The molecule has 0 N–H and O–H groups in total. The highest BCUT2D eigenvalue weighted by Crippen LogP contribution is 2.29. The normalized spacial score (nSPS) is 12.8. The Balaban J connectivity index is 2.26. The second-order valence-corrected chi connectivity index (χ2v) is 8.17. The average molecular weight is 362 g/mol. The zero-order valence-electron chi connectivity index (χ0n) is 13.9. The van der Waals surface area contributed by atoms with Gasteiger partial charge in [-0.1, -0.05) is 35.1 Å². The molecule has 126 valence electrons. The summed E-state index contributed by atoms with van der Waals surface area (Å²) in [6.45, 7) is 3.89. The van der Waals surface area contributed by atoms with Crippen molar-refractivity contribution in [1.82, 2.24) is 4.57 Å². The Bertz CT molecular complexity index is 1080. The van der Waals surface area contributed by atoms with Crippen LogP contribution in [0.3, 0.4) is 0 Å². The molecular weight excluding hydrogens is 344 g/mol. The van der Waals surface area contributed by atoms with Gasteiger partial charge in [0.05, 0.1) is 16.7 Å². The number of methoxy groups -OCH3 is 1. The van der Waals surface area contributed by atoms with Crippen molar-refractivity contribution >= 4 is 31.6 Å². The third kappa shape index (κ3) is 2.85. The molecule has 0 radical (unpaired) electrons. The van der Waals surface area contributed by atoms with Gasteiger partial charge in [-0.15, -0.1) is 4.40 Å². The predicted molar refractivity (Wildman–Crippen MR) is 96.0 cm³/mol. The molecule has 7 heteroatoms. The van der Waals surface area contributed by atoms with Crippen LogP contribution in [0.15, 0.2) is 45.7 Å². The highest BCUT2D eigenvalue weighted by Gasteiger charge is 2.16. The van der Waals surface area contributed by atoms with Gasteiger partial charge in [0, 0.05) is 7.05 Å². The first-order valence-electron chi connectivity index (χ1n) is 7.34. The molecule has 3 rings (SSSR count). The zero-order chi connectivity index (χ0) is 17.5. The van der Waals surface area contributed by atoms with Gasteiger partial charge in [-0.25, -0.2) is 0 Å². The largest absolute Gasteiger partial charge is 0.495 e. The first kappa shape index (κ1) is 16.7. The number of rotatable bonds is 3. The molecular formula is C17H18N2O3S2. The number of hydrogen-bond acceptors (Lipinski definition) is 4. The van der Waals surface area contributed by atoms with E-state index in [-0.39, 0.29) is 4.90 Å². The van der Waals surface area contributed by atoms with E-state index < -0.39 is 10.0 Å². The molecule has 0 aliphatic rings. The maximum Gasteiger partial charge on any atom is 0.285 e. The van der Waals surface area contributed by atoms with Crippen LogP contribution in [-0.2, 0) is 17.1 Å². The van der Waals surface area contributed by atoms with Crippen LogP contribution in [0, 0.1) is 13.8 Å². The van der Waals surface area contributed by atoms with E-state index in [2.05, 4.69) is 4.40 Å². The molecule has 3 aromatic rings. The molecule has 0 spiro atoms. The Labute approximate surface area is 144 Å². The number of hydrogen-bond donors (Lipinski definition) is 0. The quantitative estimate of drug-likeness (QED) is 0.719. The number of aromatic nitrogens is 1. The number of ether oxygens (including phenoxy) is 1. The van der Waals surface area contributed by atoms with E-state index in [1.165, 1.54) is 11.3 Å². The summed E-state index contributed by atoms with van der Waals surface area (Å²) in [5.74, 6) is 0.698. The van der Waals surface area contributed by atoms with E-state index in [1.807, 2.05) is 26.0 Å². The molecule has 0 saturated heterocycles. The van der Waals surface area contributed by atoms with Gasteiger partial charge >= 0.3 is 0 Å². The van der Waals surface area contributed by atoms with Gasteiger partial charge < -0.3 is 9.30 Å². The molecule has 5 nitrogen and oxygen atoms in total. The Morgan fingerprint density at radius 2 is 1.75 bits per heavy atom. The van der Waals surface area contributed by atoms with Gasteiger partial charge in [0.2, 0.25) is 4.80 Å². The minimum absolute atomic E-state index is 0.189. The van der Waals surface area contributed by atoms with Crippen molar-refractivity contribution in [2.45, 2.75) is 18.7 Å². The Morgan fingerprint density at radius 1 is 1.08 bits per heavy atom. The van der Waals surface area contributed by atoms with Crippen molar-refractivity contribution in [3.05, 3.63) is 52.3 Å². The minimum Gasteiger partial charge on any atom is -0.495 e. The molecule has 24 heavy (non-hydrogen) atoms. The third-order valence-corrected chi connectivity index (χ3v) is 6.51. The molecule has 0 aliphatic carbocycles. The molecule has 0 saturated carbocycles. The molecule has 1 aromatic heterocycles. The van der Waals surface area contributed by atoms with Crippen molar-refractivity contribution in [3.63, 3.8) is 0 Å². The lowest BCUT2D eigenvalue weighted by Gasteiger charge is -2.05. The summed E-state index contributed by atoms with van der Waals surface area (Å²) in [5.41, 5.74) is 2.91. The van der Waals surface area contributed by atoms with E-state index in [0.717, 1.165) is 21.3 Å². The molecule has 0 bridgehead atoms. The maximum atomic E-state index is 12.6. The van der Waals surface area contributed by atoms with Crippen LogP contribution < -0.4 is 9.54 Å². The Morgan fingerprint density at radius 3 is 2.38 bits per heavy atom. The molecule has 0 aliphatic heterocycles. The van der Waals surface area contributed by atoms with Crippen molar-refractivity contribution in [3.8, 4) is 5.75 Å². The Kier molecular flexibility index (Phi) is 4.23. The predicted octanol–water partition coefficient (Wildman–Crippen LogP) is 3.15. The van der Waals surface area contributed by atoms with Crippen molar-refractivity contribution in [2.24, 2.45) is 11.4 Å². The van der Waals surface area contributed by atoms with Gasteiger partial charge in [-0.2, -0.15) is 8.42 Å². The van der Waals surface area contributed by atoms with Crippen LogP contribution in [0.4, 0.5) is 0 Å². The van der Waals surface area contributed by atoms with Crippen LogP contribution in [0.25, 0.3) is 10.2 Å². The molecule has 2 aromatic carbocycles. The lowest BCUT2D eigenvalue weighted by Crippen LogP contribution is -2.14. The third-order valence-electron chi connectivity index (χ3n) is 3.84. The summed E-state index contributed by atoms with van der Waals surface area (Å²) in [7, 11) is -0.364. The molecule has 0 fully saturated rings. The smallest absolute Gasteiger partial charge is 0.285 e. The minimum atomic E-state index is -3.76. The fourth-order valence-corrected chi connectivity index (χ4v) is 4.80. The van der Waals surface area contributed by atoms with Crippen molar-refractivity contribution in [1.29, 1.82) is 0 Å². The molecule has 0 unspecified atom stereocenters. The van der Waals surface area contributed by atoms with Crippen LogP contribution in [0.1, 0.15) is 11.1 Å². The van der Waals surface area contributed by atoms with E-state index in [0.29, 0.717) is 10.6 Å². The highest BCUT2D eigenvalue weighted by atomic mass is 32.2. The van der Waals surface area contributed by atoms with E-state index in [9.17, 15) is 8.42 Å². The number of fused-ring (bicyclic) bond motifs is 1. The molecule has 1 heterocycles. The maximum absolute atomic E-state index is 12.6. The molecule has 0 atom stereocenters. The summed E-state index contributed by atoms with van der Waals surface area (Å²) in [6.07, 6.45) is 0. The van der Waals surface area contributed by atoms with Gasteiger partial charge in [0.25, 0.3) is 10.0 Å². The summed E-state index contributed by atoms with van der Waals surface area (Å²) in [5, 5.41) is 0. The van der Waals surface area contributed by atoms with Gasteiger partial charge in [-0.3, -0.25) is 0 Å². The van der Waals surface area contributed by atoms with Gasteiger partial charge in [0.15, 0.2) is 0 Å².